The van der Waals surface area contributed by atoms with Gasteiger partial charge in [-0.15, -0.1) is 0 Å². The fourth-order valence-corrected chi connectivity index (χ4v) is 3.89. The van der Waals surface area contributed by atoms with E-state index in [0.717, 1.165) is 41.2 Å². The maximum atomic E-state index is 10.7. The minimum absolute atomic E-state index is 0.139. The van der Waals surface area contributed by atoms with Gasteiger partial charge in [-0.1, -0.05) is 74.0 Å². The summed E-state index contributed by atoms with van der Waals surface area (Å²) in [5.41, 5.74) is 3.72. The van der Waals surface area contributed by atoms with Gasteiger partial charge >= 0.3 is 5.97 Å². The highest BCUT2D eigenvalue weighted by atomic mass is 16.5. The van der Waals surface area contributed by atoms with Crippen LogP contribution in [0.3, 0.4) is 0 Å². The van der Waals surface area contributed by atoms with E-state index in [4.69, 9.17) is 24.5 Å². The van der Waals surface area contributed by atoms with Crippen LogP contribution in [0.1, 0.15) is 33.6 Å². The molecule has 3 aromatic rings. The first-order valence-corrected chi connectivity index (χ1v) is 12.1. The molecule has 0 aliphatic carbocycles. The average Bonchev–Trinajstić information content (AvgIpc) is 2.87. The van der Waals surface area contributed by atoms with Crippen LogP contribution in [0.15, 0.2) is 66.9 Å². The zero-order valence-corrected chi connectivity index (χ0v) is 20.8. The van der Waals surface area contributed by atoms with Gasteiger partial charge in [0, 0.05) is 23.7 Å². The summed E-state index contributed by atoms with van der Waals surface area (Å²) in [6.45, 7) is 7.37. The number of benzene rings is 2. The van der Waals surface area contributed by atoms with Gasteiger partial charge in [0.05, 0.1) is 36.9 Å². The smallest absolute Gasteiger partial charge is 0.329 e. The van der Waals surface area contributed by atoms with E-state index in [9.17, 15) is 4.79 Å². The molecule has 1 atom stereocenters. The average molecular weight is 478 g/mol. The number of aromatic nitrogens is 2. The molecular weight excluding hydrogens is 442 g/mol. The van der Waals surface area contributed by atoms with Crippen LogP contribution in [0.25, 0.3) is 22.5 Å². The van der Waals surface area contributed by atoms with Gasteiger partial charge in [0.2, 0.25) is 0 Å². The first-order chi connectivity index (χ1) is 17.0. The molecule has 0 saturated carbocycles. The van der Waals surface area contributed by atoms with Gasteiger partial charge in [-0.2, -0.15) is 0 Å². The molecule has 7 heteroatoms. The molecule has 186 valence electrons. The van der Waals surface area contributed by atoms with E-state index in [1.54, 1.807) is 0 Å². The second kappa shape index (κ2) is 13.6. The van der Waals surface area contributed by atoms with Crippen molar-refractivity contribution in [1.29, 1.82) is 0 Å². The van der Waals surface area contributed by atoms with Gasteiger partial charge in [0.15, 0.2) is 0 Å². The van der Waals surface area contributed by atoms with E-state index in [2.05, 4.69) is 37.8 Å². The number of carboxylic acids is 1. The highest BCUT2D eigenvalue weighted by molar-refractivity contribution is 5.78. The third kappa shape index (κ3) is 7.87. The summed E-state index contributed by atoms with van der Waals surface area (Å²) in [4.78, 5) is 22.8. The fraction of sp³-hybridized carbons (Fsp3) is 0.393. The minimum Gasteiger partial charge on any atom is -0.480 e. The van der Waals surface area contributed by atoms with Crippen LogP contribution in [0.2, 0.25) is 0 Å². The van der Waals surface area contributed by atoms with Gasteiger partial charge in [0.1, 0.15) is 12.4 Å². The Labute approximate surface area is 207 Å². The number of carboxylic acid groups (broad SMARTS) is 1. The molecule has 3 rings (SSSR count). The van der Waals surface area contributed by atoms with Crippen LogP contribution >= 0.6 is 0 Å². The van der Waals surface area contributed by atoms with E-state index in [1.807, 2.05) is 54.7 Å². The Hall–Kier alpha value is -3.29. The number of anilines is 1. The summed E-state index contributed by atoms with van der Waals surface area (Å²) in [5.74, 6) is -0.186. The monoisotopic (exact) mass is 477 g/mol. The van der Waals surface area contributed by atoms with Crippen molar-refractivity contribution in [2.75, 3.05) is 31.3 Å². The summed E-state index contributed by atoms with van der Waals surface area (Å²) < 4.78 is 11.3. The lowest BCUT2D eigenvalue weighted by molar-refractivity contribution is -0.143. The molecule has 1 N–H and O–H groups in total. The maximum Gasteiger partial charge on any atom is 0.329 e. The van der Waals surface area contributed by atoms with Crippen molar-refractivity contribution in [1.82, 2.24) is 9.97 Å². The number of carbonyl (C=O) groups is 1. The molecule has 0 saturated heterocycles. The van der Waals surface area contributed by atoms with Crippen LogP contribution in [-0.4, -0.2) is 59.6 Å². The van der Waals surface area contributed by atoms with Gasteiger partial charge < -0.3 is 19.5 Å². The van der Waals surface area contributed by atoms with E-state index in [-0.39, 0.29) is 25.4 Å². The normalized spacial score (nSPS) is 12.0. The second-order valence-electron chi connectivity index (χ2n) is 8.63. The summed E-state index contributed by atoms with van der Waals surface area (Å²) >= 11 is 0. The molecule has 0 fully saturated rings. The number of nitrogens with zero attached hydrogens (tertiary/aromatic N) is 3. The molecule has 0 amide bonds. The van der Waals surface area contributed by atoms with Crippen molar-refractivity contribution in [2.24, 2.45) is 0 Å². The van der Waals surface area contributed by atoms with Crippen molar-refractivity contribution >= 4 is 11.8 Å². The van der Waals surface area contributed by atoms with Crippen LogP contribution in [0.4, 0.5) is 5.82 Å². The highest BCUT2D eigenvalue weighted by Crippen LogP contribution is 2.30. The number of ether oxygens (including phenoxy) is 2. The van der Waals surface area contributed by atoms with E-state index >= 15 is 0 Å². The Morgan fingerprint density at radius 1 is 1.00 bits per heavy atom. The van der Waals surface area contributed by atoms with Crippen LogP contribution in [-0.2, 0) is 14.3 Å². The standard InChI is InChI=1S/C28H35N3O4/c1-4-11-24(19-34-20-26(32)33)35-17-16-31(21(2)3)25-18-29-27(22-12-7-5-8-13-22)28(30-25)23-14-9-6-10-15-23/h5-10,12-15,18,21,24H,4,11,16-17,19-20H2,1-3H3,(H,32,33). The molecule has 2 aromatic carbocycles. The van der Waals surface area contributed by atoms with Crippen molar-refractivity contribution in [3.05, 3.63) is 66.9 Å². The van der Waals surface area contributed by atoms with Crippen molar-refractivity contribution < 1.29 is 19.4 Å². The highest BCUT2D eigenvalue weighted by Gasteiger charge is 2.18. The molecule has 1 aromatic heterocycles. The lowest BCUT2D eigenvalue weighted by Gasteiger charge is -2.29. The third-order valence-corrected chi connectivity index (χ3v) is 5.60. The lowest BCUT2D eigenvalue weighted by Crippen LogP contribution is -2.36. The Bertz CT molecular complexity index is 1040. The van der Waals surface area contributed by atoms with Crippen LogP contribution in [0.5, 0.6) is 0 Å². The Morgan fingerprint density at radius 3 is 2.20 bits per heavy atom. The van der Waals surface area contributed by atoms with Crippen molar-refractivity contribution in [3.8, 4) is 22.5 Å². The molecule has 0 aliphatic heterocycles. The quantitative estimate of drug-likeness (QED) is 0.337. The molecule has 35 heavy (non-hydrogen) atoms. The first-order valence-electron chi connectivity index (χ1n) is 12.1. The number of hydrogen-bond donors (Lipinski definition) is 1. The zero-order valence-electron chi connectivity index (χ0n) is 20.8. The van der Waals surface area contributed by atoms with E-state index < -0.39 is 5.97 Å². The van der Waals surface area contributed by atoms with Crippen molar-refractivity contribution in [3.63, 3.8) is 0 Å². The molecule has 1 unspecified atom stereocenters. The summed E-state index contributed by atoms with van der Waals surface area (Å²) in [6, 6.07) is 20.4. The topological polar surface area (TPSA) is 84.8 Å². The summed E-state index contributed by atoms with van der Waals surface area (Å²) in [6.07, 6.45) is 3.43. The lowest BCUT2D eigenvalue weighted by atomic mass is 10.0. The molecule has 7 nitrogen and oxygen atoms in total. The first kappa shape index (κ1) is 26.3. The SMILES string of the molecule is CCCC(COCC(=O)O)OCCN(c1cnc(-c2ccccc2)c(-c2ccccc2)n1)C(C)C. The van der Waals surface area contributed by atoms with Crippen molar-refractivity contribution in [2.45, 2.75) is 45.8 Å². The Morgan fingerprint density at radius 2 is 1.63 bits per heavy atom. The Balaban J connectivity index is 1.79. The minimum atomic E-state index is -0.974. The third-order valence-electron chi connectivity index (χ3n) is 5.60. The Kier molecular flexibility index (Phi) is 10.2. The van der Waals surface area contributed by atoms with E-state index in [1.165, 1.54) is 0 Å². The summed E-state index contributed by atoms with van der Waals surface area (Å²) in [7, 11) is 0. The summed E-state index contributed by atoms with van der Waals surface area (Å²) in [5, 5.41) is 8.80. The molecule has 0 radical (unpaired) electrons. The predicted molar refractivity (Wildman–Crippen MR) is 138 cm³/mol. The van der Waals surface area contributed by atoms with Crippen LogP contribution in [0, 0.1) is 0 Å². The molecule has 1 heterocycles. The van der Waals surface area contributed by atoms with Gasteiger partial charge in [0.25, 0.3) is 0 Å². The largest absolute Gasteiger partial charge is 0.480 e. The van der Waals surface area contributed by atoms with Crippen LogP contribution < -0.4 is 4.90 Å². The predicted octanol–water partition coefficient (Wildman–Crippen LogP) is 5.31. The maximum absolute atomic E-state index is 10.7. The molecule has 0 aliphatic rings. The molecule has 0 spiro atoms. The number of hydrogen-bond acceptors (Lipinski definition) is 6. The molecular formula is C28H35N3O4. The zero-order chi connectivity index (χ0) is 25.0. The van der Waals surface area contributed by atoms with Gasteiger partial charge in [-0.25, -0.2) is 9.78 Å². The van der Waals surface area contributed by atoms with Gasteiger partial charge in [-0.05, 0) is 20.3 Å². The van der Waals surface area contributed by atoms with E-state index in [0.29, 0.717) is 13.2 Å². The number of aliphatic carboxylic acids is 1. The molecule has 0 bridgehead atoms. The number of rotatable bonds is 14. The second-order valence-corrected chi connectivity index (χ2v) is 8.63. The fourth-order valence-electron chi connectivity index (χ4n) is 3.89. The van der Waals surface area contributed by atoms with Gasteiger partial charge in [-0.3, -0.25) is 4.98 Å².